The molecule has 7 nitrogen and oxygen atoms in total. The van der Waals surface area contributed by atoms with E-state index in [2.05, 4.69) is 0 Å². The molecular formula is C24H37N2O5S-. The number of ether oxygens (including phenoxy) is 1. The third-order valence-electron chi connectivity index (χ3n) is 6.64. The molecule has 0 bridgehead atoms. The van der Waals surface area contributed by atoms with Crippen LogP contribution in [0.3, 0.4) is 0 Å². The van der Waals surface area contributed by atoms with Crippen molar-refractivity contribution < 1.29 is 23.4 Å². The predicted octanol–water partition coefficient (Wildman–Crippen LogP) is 3.99. The van der Waals surface area contributed by atoms with E-state index in [1.54, 1.807) is 9.21 Å². The topological polar surface area (TPSA) is 93.1 Å². The Kier molecular flexibility index (Phi) is 8.72. The van der Waals surface area contributed by atoms with Crippen LogP contribution in [-0.4, -0.2) is 59.5 Å². The number of carbonyl (C=O) groups excluding carboxylic acids is 1. The number of benzene rings is 1. The summed E-state index contributed by atoms with van der Waals surface area (Å²) >= 11 is -2.26. The van der Waals surface area contributed by atoms with Crippen LogP contribution < -0.4 is 0 Å². The molecule has 1 saturated heterocycles. The SMILES string of the molecule is CC(C)(C)OC(=O)N1[C@@H](CO)CC[C@H]1CC1CCC(N(Cc2ccccc2)S(=O)[O-])CC1. The lowest BCUT2D eigenvalue weighted by molar-refractivity contribution is 0.00592. The Hall–Kier alpha value is -1.48. The van der Waals surface area contributed by atoms with Crippen LogP contribution in [0, 0.1) is 5.92 Å². The Balaban J connectivity index is 1.57. The highest BCUT2D eigenvalue weighted by molar-refractivity contribution is 7.76. The maximum atomic E-state index is 12.8. The van der Waals surface area contributed by atoms with Gasteiger partial charge >= 0.3 is 6.09 Å². The van der Waals surface area contributed by atoms with Crippen molar-refractivity contribution in [1.29, 1.82) is 0 Å². The van der Waals surface area contributed by atoms with Gasteiger partial charge in [0.2, 0.25) is 0 Å². The molecular weight excluding hydrogens is 428 g/mol. The number of nitrogens with zero attached hydrogens (tertiary/aromatic N) is 2. The Bertz CT molecular complexity index is 761. The Labute approximate surface area is 194 Å². The van der Waals surface area contributed by atoms with Gasteiger partial charge in [-0.15, -0.1) is 0 Å². The summed E-state index contributed by atoms with van der Waals surface area (Å²) in [7, 11) is 0. The molecule has 0 spiro atoms. The molecule has 0 radical (unpaired) electrons. The van der Waals surface area contributed by atoms with E-state index in [1.807, 2.05) is 51.1 Å². The molecule has 1 unspecified atom stereocenters. The number of aliphatic hydroxyl groups is 1. The van der Waals surface area contributed by atoms with Crippen LogP contribution >= 0.6 is 0 Å². The first-order valence-corrected chi connectivity index (χ1v) is 12.7. The van der Waals surface area contributed by atoms with E-state index in [1.165, 1.54) is 0 Å². The molecule has 8 heteroatoms. The highest BCUT2D eigenvalue weighted by Gasteiger charge is 2.40. The van der Waals surface area contributed by atoms with Gasteiger partial charge in [-0.25, -0.2) is 9.10 Å². The maximum Gasteiger partial charge on any atom is 0.410 e. The van der Waals surface area contributed by atoms with Crippen molar-refractivity contribution >= 4 is 17.4 Å². The van der Waals surface area contributed by atoms with E-state index in [9.17, 15) is 18.7 Å². The molecule has 1 aromatic rings. The number of aliphatic hydroxyl groups excluding tert-OH is 1. The fraction of sp³-hybridized carbons (Fsp3) is 0.708. The largest absolute Gasteiger partial charge is 0.760 e. The number of carbonyl (C=O) groups is 1. The summed E-state index contributed by atoms with van der Waals surface area (Å²) in [5.41, 5.74) is 0.422. The zero-order valence-corrected chi connectivity index (χ0v) is 20.3. The molecule has 1 saturated carbocycles. The van der Waals surface area contributed by atoms with Crippen LogP contribution in [0.1, 0.15) is 71.3 Å². The monoisotopic (exact) mass is 465 g/mol. The van der Waals surface area contributed by atoms with Crippen LogP contribution in [0.5, 0.6) is 0 Å². The standard InChI is InChI=1S/C24H38N2O5S/c1-24(2,3)31-23(28)26-21(13-14-22(26)17-27)15-18-9-11-20(12-10-18)25(32(29)30)16-19-7-5-4-6-8-19/h4-8,18,20-22,27H,9-17H2,1-3H3,(H,29,30)/p-1/t18?,20?,21-,22+/m0/s1. The molecule has 1 aliphatic carbocycles. The lowest BCUT2D eigenvalue weighted by atomic mass is 9.82. The summed E-state index contributed by atoms with van der Waals surface area (Å²) in [6.45, 7) is 5.91. The second kappa shape index (κ2) is 11.1. The molecule has 1 amide bonds. The molecule has 180 valence electrons. The van der Waals surface area contributed by atoms with Gasteiger partial charge in [-0.05, 0) is 77.2 Å². The molecule has 1 heterocycles. The number of hydrogen-bond donors (Lipinski definition) is 1. The van der Waals surface area contributed by atoms with Gasteiger partial charge in [-0.3, -0.25) is 9.11 Å². The molecule has 0 aromatic heterocycles. The van der Waals surface area contributed by atoms with Gasteiger partial charge in [0.1, 0.15) is 5.60 Å². The van der Waals surface area contributed by atoms with Crippen molar-refractivity contribution in [3.8, 4) is 0 Å². The third-order valence-corrected chi connectivity index (χ3v) is 7.45. The second-order valence-corrected chi connectivity index (χ2v) is 11.0. The molecule has 1 aliphatic heterocycles. The third kappa shape index (κ3) is 6.76. The highest BCUT2D eigenvalue weighted by atomic mass is 32.2. The molecule has 2 aliphatic rings. The van der Waals surface area contributed by atoms with Crippen LogP contribution in [0.25, 0.3) is 0 Å². The number of likely N-dealkylation sites (tertiary alicyclic amines) is 1. The summed E-state index contributed by atoms with van der Waals surface area (Å²) in [4.78, 5) is 14.5. The Morgan fingerprint density at radius 3 is 2.31 bits per heavy atom. The first-order valence-electron chi connectivity index (χ1n) is 11.7. The Morgan fingerprint density at radius 2 is 1.75 bits per heavy atom. The van der Waals surface area contributed by atoms with Crippen LogP contribution in [0.2, 0.25) is 0 Å². The quantitative estimate of drug-likeness (QED) is 0.615. The van der Waals surface area contributed by atoms with Crippen LogP contribution in [-0.2, 0) is 22.5 Å². The number of rotatable bonds is 7. The van der Waals surface area contributed by atoms with Gasteiger partial charge < -0.3 is 14.4 Å². The fourth-order valence-electron chi connectivity index (χ4n) is 5.10. The number of amides is 1. The van der Waals surface area contributed by atoms with Crippen LogP contribution in [0.15, 0.2) is 30.3 Å². The fourth-order valence-corrected chi connectivity index (χ4v) is 5.81. The van der Waals surface area contributed by atoms with E-state index in [0.29, 0.717) is 12.5 Å². The summed E-state index contributed by atoms with van der Waals surface area (Å²) in [6, 6.07) is 9.58. The first kappa shape index (κ1) is 25.1. The van der Waals surface area contributed by atoms with E-state index in [0.717, 1.165) is 50.5 Å². The average molecular weight is 466 g/mol. The van der Waals surface area contributed by atoms with Gasteiger partial charge in [0, 0.05) is 29.9 Å². The van der Waals surface area contributed by atoms with Crippen molar-refractivity contribution in [2.45, 2.75) is 96.0 Å². The maximum absolute atomic E-state index is 12.8. The van der Waals surface area contributed by atoms with Crippen LogP contribution in [0.4, 0.5) is 4.79 Å². The van der Waals surface area contributed by atoms with Gasteiger partial charge in [0.25, 0.3) is 0 Å². The van der Waals surface area contributed by atoms with E-state index in [-0.39, 0.29) is 30.8 Å². The van der Waals surface area contributed by atoms with E-state index >= 15 is 0 Å². The molecule has 3 rings (SSSR count). The lowest BCUT2D eigenvalue weighted by Gasteiger charge is -2.39. The van der Waals surface area contributed by atoms with Gasteiger partial charge in [-0.1, -0.05) is 30.3 Å². The Morgan fingerprint density at radius 1 is 1.12 bits per heavy atom. The van der Waals surface area contributed by atoms with Gasteiger partial charge in [-0.2, -0.15) is 0 Å². The van der Waals surface area contributed by atoms with E-state index in [4.69, 9.17) is 4.74 Å². The first-order chi connectivity index (χ1) is 15.2. The second-order valence-electron chi connectivity index (χ2n) is 10.1. The minimum Gasteiger partial charge on any atom is -0.760 e. The summed E-state index contributed by atoms with van der Waals surface area (Å²) < 4.78 is 31.0. The summed E-state index contributed by atoms with van der Waals surface area (Å²) in [6.07, 6.45) is 5.73. The average Bonchev–Trinajstić information content (AvgIpc) is 3.15. The molecule has 2 fully saturated rings. The van der Waals surface area contributed by atoms with Crippen molar-refractivity contribution in [3.05, 3.63) is 35.9 Å². The number of hydrogen-bond acceptors (Lipinski definition) is 5. The predicted molar refractivity (Wildman–Crippen MR) is 123 cm³/mol. The smallest absolute Gasteiger partial charge is 0.410 e. The van der Waals surface area contributed by atoms with E-state index < -0.39 is 16.9 Å². The zero-order valence-electron chi connectivity index (χ0n) is 19.4. The lowest BCUT2D eigenvalue weighted by Crippen LogP contribution is -2.46. The van der Waals surface area contributed by atoms with Crippen molar-refractivity contribution in [2.75, 3.05) is 6.61 Å². The van der Waals surface area contributed by atoms with Gasteiger partial charge in [0.05, 0.1) is 12.6 Å². The summed E-state index contributed by atoms with van der Waals surface area (Å²) in [5.74, 6) is 0.442. The minimum atomic E-state index is -2.26. The molecule has 1 N–H and O–H groups in total. The summed E-state index contributed by atoms with van der Waals surface area (Å²) in [5, 5.41) is 9.76. The van der Waals surface area contributed by atoms with Crippen molar-refractivity contribution in [1.82, 2.24) is 9.21 Å². The van der Waals surface area contributed by atoms with Crippen molar-refractivity contribution in [2.24, 2.45) is 5.92 Å². The molecule has 1 aromatic carbocycles. The molecule has 3 atom stereocenters. The minimum absolute atomic E-state index is 0.0144. The zero-order chi connectivity index (χ0) is 23.3. The highest BCUT2D eigenvalue weighted by Crippen LogP contribution is 2.36. The normalized spacial score (nSPS) is 27.5. The molecule has 32 heavy (non-hydrogen) atoms. The van der Waals surface area contributed by atoms with Gasteiger partial charge in [0.15, 0.2) is 0 Å². The van der Waals surface area contributed by atoms with Crippen molar-refractivity contribution in [3.63, 3.8) is 0 Å².